The van der Waals surface area contributed by atoms with Crippen molar-refractivity contribution in [3.05, 3.63) is 21.7 Å². The Balaban J connectivity index is 2.34. The van der Waals surface area contributed by atoms with Crippen LogP contribution < -0.4 is 5.69 Å². The SMILES string of the molecule is CSc1nc(=O)[nH]c(C)c1C(=O)N(CC(=O)O)CC1CC1. The van der Waals surface area contributed by atoms with Crippen molar-refractivity contribution in [3.63, 3.8) is 0 Å². The molecule has 7 nitrogen and oxygen atoms in total. The van der Waals surface area contributed by atoms with Crippen LogP contribution in [0.25, 0.3) is 0 Å². The highest BCUT2D eigenvalue weighted by Crippen LogP contribution is 2.30. The van der Waals surface area contributed by atoms with Crippen molar-refractivity contribution in [3.8, 4) is 0 Å². The number of carbonyl (C=O) groups excluding carboxylic acids is 1. The summed E-state index contributed by atoms with van der Waals surface area (Å²) in [6.07, 6.45) is 3.75. The van der Waals surface area contributed by atoms with Crippen LogP contribution in [-0.2, 0) is 4.79 Å². The molecule has 0 aromatic carbocycles. The van der Waals surface area contributed by atoms with Crippen molar-refractivity contribution < 1.29 is 14.7 Å². The lowest BCUT2D eigenvalue weighted by atomic mass is 10.2. The number of nitrogens with zero attached hydrogens (tertiary/aromatic N) is 2. The molecular weight excluding hydrogens is 294 g/mol. The van der Waals surface area contributed by atoms with E-state index < -0.39 is 17.6 Å². The van der Waals surface area contributed by atoms with Crippen LogP contribution >= 0.6 is 11.8 Å². The zero-order valence-corrected chi connectivity index (χ0v) is 12.7. The first-order valence-electron chi connectivity index (χ1n) is 6.58. The van der Waals surface area contributed by atoms with Gasteiger partial charge in [-0.25, -0.2) is 4.79 Å². The first-order chi connectivity index (χ1) is 9.92. The van der Waals surface area contributed by atoms with Crippen LogP contribution in [0, 0.1) is 12.8 Å². The van der Waals surface area contributed by atoms with E-state index in [0.29, 0.717) is 23.2 Å². The summed E-state index contributed by atoms with van der Waals surface area (Å²) in [4.78, 5) is 42.6. The second-order valence-electron chi connectivity index (χ2n) is 5.07. The first kappa shape index (κ1) is 15.6. The van der Waals surface area contributed by atoms with Gasteiger partial charge in [-0.05, 0) is 31.9 Å². The Morgan fingerprint density at radius 2 is 2.14 bits per heavy atom. The van der Waals surface area contributed by atoms with E-state index in [-0.39, 0.29) is 12.1 Å². The largest absolute Gasteiger partial charge is 0.480 e. The number of thioether (sulfide) groups is 1. The molecule has 0 atom stereocenters. The summed E-state index contributed by atoms with van der Waals surface area (Å²) in [5.74, 6) is -1.07. The van der Waals surface area contributed by atoms with Gasteiger partial charge in [0.1, 0.15) is 11.6 Å². The Morgan fingerprint density at radius 1 is 1.48 bits per heavy atom. The second kappa shape index (κ2) is 6.30. The standard InChI is InChI=1S/C13H17N3O4S/c1-7-10(11(21-2)15-13(20)14-7)12(19)16(6-9(17)18)5-8-3-4-8/h8H,3-6H2,1-2H3,(H,17,18)(H,14,15,20). The molecule has 1 amide bonds. The smallest absolute Gasteiger partial charge is 0.346 e. The summed E-state index contributed by atoms with van der Waals surface area (Å²) in [5.41, 5.74) is 0.180. The molecule has 0 bridgehead atoms. The van der Waals surface area contributed by atoms with E-state index in [4.69, 9.17) is 5.11 Å². The molecule has 0 unspecified atom stereocenters. The lowest BCUT2D eigenvalue weighted by Gasteiger charge is -2.22. The number of aromatic nitrogens is 2. The fraction of sp³-hybridized carbons (Fsp3) is 0.538. The highest BCUT2D eigenvalue weighted by Gasteiger charge is 2.30. The fourth-order valence-corrected chi connectivity index (χ4v) is 2.73. The third-order valence-corrected chi connectivity index (χ3v) is 3.96. The Morgan fingerprint density at radius 3 is 2.67 bits per heavy atom. The Labute approximate surface area is 125 Å². The summed E-state index contributed by atoms with van der Waals surface area (Å²) < 4.78 is 0. The van der Waals surface area contributed by atoms with Gasteiger partial charge in [-0.2, -0.15) is 4.98 Å². The van der Waals surface area contributed by atoms with Gasteiger partial charge in [-0.1, -0.05) is 0 Å². The van der Waals surface area contributed by atoms with Crippen molar-refractivity contribution >= 4 is 23.6 Å². The van der Waals surface area contributed by atoms with Gasteiger partial charge >= 0.3 is 11.7 Å². The van der Waals surface area contributed by atoms with Gasteiger partial charge in [0.2, 0.25) is 0 Å². The van der Waals surface area contributed by atoms with Gasteiger partial charge in [0.15, 0.2) is 0 Å². The normalized spacial score (nSPS) is 14.0. The molecule has 2 N–H and O–H groups in total. The third-order valence-electron chi connectivity index (χ3n) is 3.28. The average molecular weight is 311 g/mol. The van der Waals surface area contributed by atoms with Crippen LogP contribution in [0.15, 0.2) is 9.82 Å². The highest BCUT2D eigenvalue weighted by molar-refractivity contribution is 7.98. The van der Waals surface area contributed by atoms with E-state index in [1.54, 1.807) is 13.2 Å². The average Bonchev–Trinajstić information content (AvgIpc) is 3.19. The topological polar surface area (TPSA) is 103 Å². The molecule has 1 saturated carbocycles. The summed E-state index contributed by atoms with van der Waals surface area (Å²) in [5, 5.41) is 9.31. The maximum absolute atomic E-state index is 12.6. The van der Waals surface area contributed by atoms with E-state index >= 15 is 0 Å². The van der Waals surface area contributed by atoms with Gasteiger partial charge in [-0.3, -0.25) is 9.59 Å². The van der Waals surface area contributed by atoms with Crippen LogP contribution in [0.4, 0.5) is 0 Å². The molecule has 1 aliphatic carbocycles. The summed E-state index contributed by atoms with van der Waals surface area (Å²) in [6, 6.07) is 0. The maximum atomic E-state index is 12.6. The highest BCUT2D eigenvalue weighted by atomic mass is 32.2. The van der Waals surface area contributed by atoms with E-state index in [2.05, 4.69) is 9.97 Å². The van der Waals surface area contributed by atoms with Gasteiger partial charge in [0.25, 0.3) is 5.91 Å². The van der Waals surface area contributed by atoms with Crippen molar-refractivity contribution in [1.29, 1.82) is 0 Å². The second-order valence-corrected chi connectivity index (χ2v) is 5.87. The number of amides is 1. The zero-order chi connectivity index (χ0) is 15.6. The van der Waals surface area contributed by atoms with Crippen LogP contribution in [0.1, 0.15) is 28.9 Å². The number of aliphatic carboxylic acids is 1. The first-order valence-corrected chi connectivity index (χ1v) is 7.80. The number of aromatic amines is 1. The molecule has 114 valence electrons. The van der Waals surface area contributed by atoms with Crippen molar-refractivity contribution in [1.82, 2.24) is 14.9 Å². The van der Waals surface area contributed by atoms with Crippen molar-refractivity contribution in [2.24, 2.45) is 5.92 Å². The number of carboxylic acids is 1. The minimum Gasteiger partial charge on any atom is -0.480 e. The number of carbonyl (C=O) groups is 2. The van der Waals surface area contributed by atoms with Crippen LogP contribution in [0.5, 0.6) is 0 Å². The molecule has 1 heterocycles. The maximum Gasteiger partial charge on any atom is 0.346 e. The van der Waals surface area contributed by atoms with E-state index in [1.165, 1.54) is 16.7 Å². The minimum absolute atomic E-state index is 0.281. The summed E-state index contributed by atoms with van der Waals surface area (Å²) in [6.45, 7) is 1.70. The molecule has 2 rings (SSSR count). The van der Waals surface area contributed by atoms with Crippen molar-refractivity contribution in [2.45, 2.75) is 24.8 Å². The number of H-pyrrole nitrogens is 1. The molecule has 1 aromatic rings. The number of carboxylic acid groups (broad SMARTS) is 1. The number of rotatable bonds is 6. The number of hydrogen-bond donors (Lipinski definition) is 2. The number of hydrogen-bond acceptors (Lipinski definition) is 5. The molecule has 21 heavy (non-hydrogen) atoms. The van der Waals surface area contributed by atoms with Crippen molar-refractivity contribution in [2.75, 3.05) is 19.3 Å². The number of nitrogens with one attached hydrogen (secondary N) is 1. The molecule has 1 aliphatic rings. The van der Waals surface area contributed by atoms with E-state index in [0.717, 1.165) is 12.8 Å². The summed E-state index contributed by atoms with van der Waals surface area (Å²) >= 11 is 1.20. The minimum atomic E-state index is -1.05. The quantitative estimate of drug-likeness (QED) is 0.593. The lowest BCUT2D eigenvalue weighted by Crippen LogP contribution is -2.38. The number of aryl methyl sites for hydroxylation is 1. The molecular formula is C13H17N3O4S. The monoisotopic (exact) mass is 311 g/mol. The fourth-order valence-electron chi connectivity index (χ4n) is 2.11. The molecule has 0 radical (unpaired) electrons. The molecule has 0 aliphatic heterocycles. The molecule has 1 fully saturated rings. The van der Waals surface area contributed by atoms with E-state index in [9.17, 15) is 14.4 Å². The predicted molar refractivity (Wildman–Crippen MR) is 77.6 cm³/mol. The van der Waals surface area contributed by atoms with Gasteiger partial charge < -0.3 is 15.0 Å². The van der Waals surface area contributed by atoms with Gasteiger partial charge in [0, 0.05) is 12.2 Å². The Kier molecular flexibility index (Phi) is 4.66. The third kappa shape index (κ3) is 3.84. The van der Waals surface area contributed by atoms with E-state index in [1.807, 2.05) is 0 Å². The van der Waals surface area contributed by atoms with Gasteiger partial charge in [-0.15, -0.1) is 11.8 Å². The Bertz CT molecular complexity index is 624. The van der Waals surface area contributed by atoms with Crippen LogP contribution in [0.3, 0.4) is 0 Å². The van der Waals surface area contributed by atoms with Crippen LogP contribution in [-0.4, -0.2) is 51.2 Å². The van der Waals surface area contributed by atoms with Crippen LogP contribution in [0.2, 0.25) is 0 Å². The molecule has 0 saturated heterocycles. The van der Waals surface area contributed by atoms with Gasteiger partial charge in [0.05, 0.1) is 5.56 Å². The Hall–Kier alpha value is -1.83. The molecule has 1 aromatic heterocycles. The molecule has 0 spiro atoms. The predicted octanol–water partition coefficient (Wildman–Crippen LogP) is 0.737. The zero-order valence-electron chi connectivity index (χ0n) is 11.9. The lowest BCUT2D eigenvalue weighted by molar-refractivity contribution is -0.137. The molecule has 8 heteroatoms. The summed E-state index contributed by atoms with van der Waals surface area (Å²) in [7, 11) is 0.